The van der Waals surface area contributed by atoms with Crippen LogP contribution in [0.2, 0.25) is 0 Å². The van der Waals surface area contributed by atoms with Gasteiger partial charge in [-0.15, -0.1) is 22.7 Å². The van der Waals surface area contributed by atoms with Gasteiger partial charge in [-0.25, -0.2) is 0 Å². The maximum Gasteiger partial charge on any atom is 0.0390 e. The number of hydrogen-bond acceptors (Lipinski definition) is 2. The molecule has 0 aliphatic heterocycles. The predicted octanol–water partition coefficient (Wildman–Crippen LogP) is 6.98. The molecule has 0 N–H and O–H groups in total. The van der Waals surface area contributed by atoms with Crippen LogP contribution < -0.4 is 0 Å². The molecule has 0 bridgehead atoms. The molecule has 106 valence electrons. The second-order valence-corrected chi connectivity index (χ2v) is 8.85. The third-order valence-electron chi connectivity index (χ3n) is 3.93. The van der Waals surface area contributed by atoms with Crippen molar-refractivity contribution in [3.8, 4) is 0 Å². The minimum Gasteiger partial charge on any atom is -0.140 e. The van der Waals surface area contributed by atoms with Crippen LogP contribution in [0.3, 0.4) is 0 Å². The zero-order valence-corrected chi connectivity index (χ0v) is 14.8. The predicted molar refractivity (Wildman–Crippen MR) is 94.9 cm³/mol. The van der Waals surface area contributed by atoms with Gasteiger partial charge < -0.3 is 0 Å². The summed E-state index contributed by atoms with van der Waals surface area (Å²) in [6.45, 7) is 13.8. The molecule has 2 heterocycles. The lowest BCUT2D eigenvalue weighted by Gasteiger charge is -2.15. The van der Waals surface area contributed by atoms with E-state index in [9.17, 15) is 0 Å². The zero-order valence-electron chi connectivity index (χ0n) is 13.1. The van der Waals surface area contributed by atoms with Crippen LogP contribution in [0.25, 0.3) is 20.2 Å². The minimum atomic E-state index is 0.577. The van der Waals surface area contributed by atoms with E-state index in [0.29, 0.717) is 11.8 Å². The Labute approximate surface area is 129 Å². The van der Waals surface area contributed by atoms with E-state index in [1.54, 1.807) is 11.1 Å². The van der Waals surface area contributed by atoms with E-state index in [1.807, 2.05) is 22.7 Å². The van der Waals surface area contributed by atoms with E-state index in [4.69, 9.17) is 0 Å². The fraction of sp³-hybridized carbons (Fsp3) is 0.444. The van der Waals surface area contributed by atoms with Crippen molar-refractivity contribution in [1.29, 1.82) is 0 Å². The van der Waals surface area contributed by atoms with Crippen molar-refractivity contribution in [1.82, 2.24) is 0 Å². The Morgan fingerprint density at radius 1 is 0.700 bits per heavy atom. The second-order valence-electron chi connectivity index (χ2n) is 6.34. The highest BCUT2D eigenvalue weighted by atomic mass is 32.1. The highest BCUT2D eigenvalue weighted by Crippen LogP contribution is 2.46. The van der Waals surface area contributed by atoms with E-state index in [0.717, 1.165) is 0 Å². The Morgan fingerprint density at radius 2 is 1.05 bits per heavy atom. The molecule has 0 saturated carbocycles. The minimum absolute atomic E-state index is 0.577. The van der Waals surface area contributed by atoms with Crippen molar-refractivity contribution in [2.24, 2.45) is 0 Å². The van der Waals surface area contributed by atoms with Gasteiger partial charge in [0.25, 0.3) is 0 Å². The Morgan fingerprint density at radius 3 is 1.35 bits per heavy atom. The molecule has 0 fully saturated rings. The molecule has 0 saturated heterocycles. The van der Waals surface area contributed by atoms with E-state index in [-0.39, 0.29) is 0 Å². The van der Waals surface area contributed by atoms with Gasteiger partial charge in [0, 0.05) is 19.2 Å². The summed E-state index contributed by atoms with van der Waals surface area (Å²) in [5, 5.41) is 3.00. The largest absolute Gasteiger partial charge is 0.140 e. The third-order valence-corrected chi connectivity index (χ3v) is 6.10. The topological polar surface area (TPSA) is 0 Å². The first-order chi connectivity index (χ1) is 9.40. The summed E-state index contributed by atoms with van der Waals surface area (Å²) in [6.07, 6.45) is 0. The Balaban J connectivity index is 2.60. The standard InChI is InChI=1S/C18H22S2/c1-9(2)15-13-7-11(5)20-18(13)16(10(3)4)14-8-12(6)19-17(14)15/h7-10H,1-6H3. The van der Waals surface area contributed by atoms with Gasteiger partial charge in [-0.2, -0.15) is 0 Å². The molecule has 2 heteroatoms. The number of thiophene rings is 2. The Kier molecular flexibility index (Phi) is 3.42. The summed E-state index contributed by atoms with van der Waals surface area (Å²) >= 11 is 3.93. The lowest BCUT2D eigenvalue weighted by Crippen LogP contribution is -1.94. The van der Waals surface area contributed by atoms with Crippen molar-refractivity contribution in [2.45, 2.75) is 53.4 Å². The summed E-state index contributed by atoms with van der Waals surface area (Å²) in [5.41, 5.74) is 3.11. The van der Waals surface area contributed by atoms with Gasteiger partial charge in [0.15, 0.2) is 0 Å². The summed E-state index contributed by atoms with van der Waals surface area (Å²) < 4.78 is 3.04. The monoisotopic (exact) mass is 302 g/mol. The fourth-order valence-corrected chi connectivity index (χ4v) is 5.69. The van der Waals surface area contributed by atoms with E-state index < -0.39 is 0 Å². The maximum absolute atomic E-state index is 2.40. The summed E-state index contributed by atoms with van der Waals surface area (Å²) in [4.78, 5) is 2.86. The van der Waals surface area contributed by atoms with Crippen molar-refractivity contribution in [3.63, 3.8) is 0 Å². The van der Waals surface area contributed by atoms with E-state index >= 15 is 0 Å². The normalized spacial score (nSPS) is 12.4. The van der Waals surface area contributed by atoms with Crippen molar-refractivity contribution >= 4 is 42.8 Å². The van der Waals surface area contributed by atoms with Crippen LogP contribution in [-0.4, -0.2) is 0 Å². The number of hydrogen-bond donors (Lipinski definition) is 0. The average molecular weight is 303 g/mol. The molecular formula is C18H22S2. The highest BCUT2D eigenvalue weighted by molar-refractivity contribution is 7.21. The van der Waals surface area contributed by atoms with E-state index in [1.165, 1.54) is 29.9 Å². The van der Waals surface area contributed by atoms with Crippen molar-refractivity contribution in [2.75, 3.05) is 0 Å². The van der Waals surface area contributed by atoms with Gasteiger partial charge in [-0.05, 0) is 59.7 Å². The Bertz CT molecular complexity index is 664. The third kappa shape index (κ3) is 2.01. The zero-order chi connectivity index (χ0) is 14.6. The van der Waals surface area contributed by atoms with Gasteiger partial charge in [-0.3, -0.25) is 0 Å². The maximum atomic E-state index is 2.40. The number of benzene rings is 1. The average Bonchev–Trinajstić information content (AvgIpc) is 2.85. The van der Waals surface area contributed by atoms with Crippen molar-refractivity contribution in [3.05, 3.63) is 33.0 Å². The molecule has 3 rings (SSSR count). The molecule has 0 spiro atoms. The van der Waals surface area contributed by atoms with Gasteiger partial charge in [0.05, 0.1) is 0 Å². The lowest BCUT2D eigenvalue weighted by molar-refractivity contribution is 0.876. The molecule has 0 aliphatic carbocycles. The van der Waals surface area contributed by atoms with E-state index in [2.05, 4.69) is 53.7 Å². The molecule has 3 aromatic rings. The first-order valence-corrected chi connectivity index (χ1v) is 8.99. The molecule has 0 nitrogen and oxygen atoms in total. The molecule has 2 aromatic heterocycles. The summed E-state index contributed by atoms with van der Waals surface area (Å²) in [6, 6.07) is 4.80. The van der Waals surface area contributed by atoms with Crippen LogP contribution in [0, 0.1) is 13.8 Å². The molecule has 0 aliphatic rings. The first-order valence-electron chi connectivity index (χ1n) is 7.36. The van der Waals surface area contributed by atoms with Crippen molar-refractivity contribution < 1.29 is 0 Å². The smallest absolute Gasteiger partial charge is 0.0390 e. The molecule has 20 heavy (non-hydrogen) atoms. The van der Waals surface area contributed by atoms with Crippen LogP contribution >= 0.6 is 22.7 Å². The number of rotatable bonds is 2. The summed E-state index contributed by atoms with van der Waals surface area (Å²) in [5.74, 6) is 1.15. The molecule has 0 amide bonds. The summed E-state index contributed by atoms with van der Waals surface area (Å²) in [7, 11) is 0. The lowest BCUT2D eigenvalue weighted by atomic mass is 9.91. The highest BCUT2D eigenvalue weighted by Gasteiger charge is 2.20. The molecule has 0 unspecified atom stereocenters. The quantitative estimate of drug-likeness (QED) is 0.479. The van der Waals surface area contributed by atoms with Crippen LogP contribution in [0.5, 0.6) is 0 Å². The van der Waals surface area contributed by atoms with Crippen LogP contribution in [0.15, 0.2) is 12.1 Å². The van der Waals surface area contributed by atoms with Gasteiger partial charge in [-0.1, -0.05) is 27.7 Å². The molecular weight excluding hydrogens is 280 g/mol. The number of aryl methyl sites for hydroxylation is 2. The molecule has 0 atom stereocenters. The van der Waals surface area contributed by atoms with Gasteiger partial charge in [0.2, 0.25) is 0 Å². The molecule has 1 aromatic carbocycles. The van der Waals surface area contributed by atoms with Gasteiger partial charge in [0.1, 0.15) is 0 Å². The van der Waals surface area contributed by atoms with Crippen LogP contribution in [0.1, 0.15) is 60.4 Å². The Hall–Kier alpha value is -0.860. The van der Waals surface area contributed by atoms with Gasteiger partial charge >= 0.3 is 0 Å². The van der Waals surface area contributed by atoms with Crippen LogP contribution in [0.4, 0.5) is 0 Å². The number of fused-ring (bicyclic) bond motifs is 2. The SMILES string of the molecule is Cc1cc2c(C(C)C)c3sc(C)cc3c(C(C)C)c2s1. The first kappa shape index (κ1) is 14.1. The van der Waals surface area contributed by atoms with Crippen LogP contribution in [-0.2, 0) is 0 Å². The fourth-order valence-electron chi connectivity index (χ4n) is 3.22. The second kappa shape index (κ2) is 4.85. The molecule has 0 radical (unpaired) electrons.